The summed E-state index contributed by atoms with van der Waals surface area (Å²) in [6.45, 7) is 4.36. The van der Waals surface area contributed by atoms with E-state index in [0.29, 0.717) is 13.0 Å². The van der Waals surface area contributed by atoms with Crippen LogP contribution in [-0.2, 0) is 9.59 Å². The van der Waals surface area contributed by atoms with Crippen LogP contribution < -0.4 is 11.5 Å². The molecule has 0 aliphatic carbocycles. The fraction of sp³-hybridized carbons (Fsp3) is 0.800. The summed E-state index contributed by atoms with van der Waals surface area (Å²) >= 11 is 0. The van der Waals surface area contributed by atoms with E-state index in [-0.39, 0.29) is 11.8 Å². The topological polar surface area (TPSA) is 89.4 Å². The van der Waals surface area contributed by atoms with Gasteiger partial charge < -0.3 is 16.4 Å². The molecule has 2 amide bonds. The zero-order valence-electron chi connectivity index (χ0n) is 9.27. The second kappa shape index (κ2) is 4.61. The van der Waals surface area contributed by atoms with Gasteiger partial charge in [0.1, 0.15) is 6.04 Å². The van der Waals surface area contributed by atoms with Crippen LogP contribution in [0.2, 0.25) is 0 Å². The SMILES string of the molecule is CC(C)[C@@H](N)C(=O)N1CCCC1C(N)=O. The Hall–Kier alpha value is -1.10. The van der Waals surface area contributed by atoms with Gasteiger partial charge >= 0.3 is 0 Å². The van der Waals surface area contributed by atoms with Gasteiger partial charge in [-0.25, -0.2) is 0 Å². The molecule has 1 saturated heterocycles. The van der Waals surface area contributed by atoms with Gasteiger partial charge in [-0.1, -0.05) is 13.8 Å². The van der Waals surface area contributed by atoms with Crippen LogP contribution in [0.4, 0.5) is 0 Å². The van der Waals surface area contributed by atoms with Crippen molar-refractivity contribution in [1.82, 2.24) is 4.90 Å². The molecule has 0 saturated carbocycles. The smallest absolute Gasteiger partial charge is 0.240 e. The third-order valence-corrected chi connectivity index (χ3v) is 2.87. The molecule has 1 aliphatic rings. The maximum atomic E-state index is 11.9. The van der Waals surface area contributed by atoms with E-state index in [1.54, 1.807) is 0 Å². The summed E-state index contributed by atoms with van der Waals surface area (Å²) in [5.74, 6) is -0.519. The molecule has 1 rings (SSSR count). The Balaban J connectivity index is 2.70. The molecular weight excluding hydrogens is 194 g/mol. The molecule has 2 atom stereocenters. The number of nitrogens with zero attached hydrogens (tertiary/aromatic N) is 1. The standard InChI is InChI=1S/C10H19N3O2/c1-6(2)8(11)10(15)13-5-3-4-7(13)9(12)14/h6-8H,3-5,11H2,1-2H3,(H2,12,14)/t7?,8-/m1/s1. The van der Waals surface area contributed by atoms with E-state index in [1.807, 2.05) is 13.8 Å². The third kappa shape index (κ3) is 2.47. The lowest BCUT2D eigenvalue weighted by Crippen LogP contribution is -2.51. The minimum atomic E-state index is -0.537. The van der Waals surface area contributed by atoms with Gasteiger partial charge in [0.25, 0.3) is 0 Å². The Morgan fingerprint density at radius 3 is 2.47 bits per heavy atom. The van der Waals surface area contributed by atoms with Gasteiger partial charge in [0.15, 0.2) is 0 Å². The number of hydrogen-bond donors (Lipinski definition) is 2. The molecule has 0 aromatic rings. The summed E-state index contributed by atoms with van der Waals surface area (Å²) in [5, 5.41) is 0. The zero-order valence-corrected chi connectivity index (χ0v) is 9.27. The first-order chi connectivity index (χ1) is 6.95. The second-order valence-corrected chi connectivity index (χ2v) is 4.36. The minimum Gasteiger partial charge on any atom is -0.368 e. The molecule has 0 bridgehead atoms. The molecule has 4 N–H and O–H groups in total. The van der Waals surface area contributed by atoms with Crippen LogP contribution in [-0.4, -0.2) is 35.3 Å². The van der Waals surface area contributed by atoms with Crippen molar-refractivity contribution in [2.45, 2.75) is 38.8 Å². The summed E-state index contributed by atoms with van der Waals surface area (Å²) in [6.07, 6.45) is 1.48. The first kappa shape index (κ1) is 12.0. The van der Waals surface area contributed by atoms with E-state index in [9.17, 15) is 9.59 Å². The van der Waals surface area contributed by atoms with E-state index in [0.717, 1.165) is 6.42 Å². The fourth-order valence-electron chi connectivity index (χ4n) is 1.80. The van der Waals surface area contributed by atoms with Crippen LogP contribution in [0.3, 0.4) is 0 Å². The number of likely N-dealkylation sites (tertiary alicyclic amines) is 1. The predicted octanol–water partition coefficient (Wildman–Crippen LogP) is -0.554. The molecule has 1 heterocycles. The van der Waals surface area contributed by atoms with E-state index >= 15 is 0 Å². The lowest BCUT2D eigenvalue weighted by Gasteiger charge is -2.26. The Kier molecular flexibility index (Phi) is 3.68. The summed E-state index contributed by atoms with van der Waals surface area (Å²) in [5.41, 5.74) is 11.0. The molecule has 86 valence electrons. The van der Waals surface area contributed by atoms with Crippen molar-refractivity contribution in [3.63, 3.8) is 0 Å². The van der Waals surface area contributed by atoms with Gasteiger partial charge in [-0.3, -0.25) is 9.59 Å². The Morgan fingerprint density at radius 1 is 1.40 bits per heavy atom. The molecule has 0 radical (unpaired) electrons. The van der Waals surface area contributed by atoms with Crippen LogP contribution >= 0.6 is 0 Å². The van der Waals surface area contributed by atoms with Crippen molar-refractivity contribution in [1.29, 1.82) is 0 Å². The molecule has 15 heavy (non-hydrogen) atoms. The summed E-state index contributed by atoms with van der Waals surface area (Å²) in [4.78, 5) is 24.5. The molecule has 1 unspecified atom stereocenters. The summed E-state index contributed by atoms with van der Waals surface area (Å²) in [7, 11) is 0. The van der Waals surface area contributed by atoms with E-state index in [2.05, 4.69) is 0 Å². The highest BCUT2D eigenvalue weighted by Gasteiger charge is 2.35. The first-order valence-corrected chi connectivity index (χ1v) is 5.30. The van der Waals surface area contributed by atoms with E-state index < -0.39 is 18.0 Å². The highest BCUT2D eigenvalue weighted by atomic mass is 16.2. The largest absolute Gasteiger partial charge is 0.368 e. The molecule has 0 aromatic carbocycles. The number of carbonyl (C=O) groups excluding carboxylic acids is 2. The first-order valence-electron chi connectivity index (χ1n) is 5.30. The van der Waals surface area contributed by atoms with Crippen molar-refractivity contribution in [2.24, 2.45) is 17.4 Å². The number of carbonyl (C=O) groups is 2. The van der Waals surface area contributed by atoms with Crippen molar-refractivity contribution in [2.75, 3.05) is 6.54 Å². The van der Waals surface area contributed by atoms with Gasteiger partial charge in [-0.15, -0.1) is 0 Å². The number of amides is 2. The number of rotatable bonds is 3. The zero-order chi connectivity index (χ0) is 11.6. The Morgan fingerprint density at radius 2 is 2.00 bits per heavy atom. The van der Waals surface area contributed by atoms with Gasteiger partial charge in [-0.2, -0.15) is 0 Å². The predicted molar refractivity (Wildman–Crippen MR) is 56.7 cm³/mol. The minimum absolute atomic E-state index is 0.0756. The summed E-state index contributed by atoms with van der Waals surface area (Å²) in [6, 6.07) is -0.993. The maximum absolute atomic E-state index is 11.9. The van der Waals surface area contributed by atoms with Crippen LogP contribution in [0.5, 0.6) is 0 Å². The average Bonchev–Trinajstić information content (AvgIpc) is 2.63. The van der Waals surface area contributed by atoms with Crippen molar-refractivity contribution in [3.8, 4) is 0 Å². The monoisotopic (exact) mass is 213 g/mol. The van der Waals surface area contributed by atoms with Gasteiger partial charge in [0.2, 0.25) is 11.8 Å². The molecule has 5 heteroatoms. The van der Waals surface area contributed by atoms with Gasteiger partial charge in [0.05, 0.1) is 6.04 Å². The number of hydrogen-bond acceptors (Lipinski definition) is 3. The normalized spacial score (nSPS) is 23.2. The molecular formula is C10H19N3O2. The van der Waals surface area contributed by atoms with Crippen LogP contribution in [0, 0.1) is 5.92 Å². The average molecular weight is 213 g/mol. The van der Waals surface area contributed by atoms with Gasteiger partial charge in [-0.05, 0) is 18.8 Å². The maximum Gasteiger partial charge on any atom is 0.240 e. The van der Waals surface area contributed by atoms with Gasteiger partial charge in [0, 0.05) is 6.54 Å². The second-order valence-electron chi connectivity index (χ2n) is 4.36. The molecule has 1 fully saturated rings. The Labute approximate surface area is 89.8 Å². The van der Waals surface area contributed by atoms with Crippen LogP contribution in [0.1, 0.15) is 26.7 Å². The number of primary amides is 1. The highest BCUT2D eigenvalue weighted by molar-refractivity contribution is 5.89. The molecule has 0 aromatic heterocycles. The van der Waals surface area contributed by atoms with Crippen LogP contribution in [0.15, 0.2) is 0 Å². The van der Waals surface area contributed by atoms with Crippen molar-refractivity contribution < 1.29 is 9.59 Å². The quantitative estimate of drug-likeness (QED) is 0.659. The summed E-state index contributed by atoms with van der Waals surface area (Å²) < 4.78 is 0. The molecule has 1 aliphatic heterocycles. The number of nitrogens with two attached hydrogens (primary N) is 2. The lowest BCUT2D eigenvalue weighted by atomic mass is 10.0. The molecule has 5 nitrogen and oxygen atoms in total. The Bertz CT molecular complexity index is 265. The highest BCUT2D eigenvalue weighted by Crippen LogP contribution is 2.18. The fourth-order valence-corrected chi connectivity index (χ4v) is 1.80. The van der Waals surface area contributed by atoms with Crippen molar-refractivity contribution in [3.05, 3.63) is 0 Å². The van der Waals surface area contributed by atoms with Crippen molar-refractivity contribution >= 4 is 11.8 Å². The lowest BCUT2D eigenvalue weighted by molar-refractivity contribution is -0.139. The third-order valence-electron chi connectivity index (χ3n) is 2.87. The van der Waals surface area contributed by atoms with E-state index in [1.165, 1.54) is 4.90 Å². The van der Waals surface area contributed by atoms with Crippen LogP contribution in [0.25, 0.3) is 0 Å². The van der Waals surface area contributed by atoms with E-state index in [4.69, 9.17) is 11.5 Å². The molecule has 0 spiro atoms.